The lowest BCUT2D eigenvalue weighted by Gasteiger charge is -2.35. The summed E-state index contributed by atoms with van der Waals surface area (Å²) in [5.74, 6) is 1.61. The fraction of sp³-hybridized carbons (Fsp3) is 1.00. The van der Waals surface area contributed by atoms with Crippen molar-refractivity contribution >= 4 is 0 Å². The zero-order valence-electron chi connectivity index (χ0n) is 12.7. The summed E-state index contributed by atoms with van der Waals surface area (Å²) in [7, 11) is 2.23. The van der Waals surface area contributed by atoms with E-state index in [1.165, 1.54) is 25.9 Å². The Bertz CT molecular complexity index is 211. The van der Waals surface area contributed by atoms with Crippen molar-refractivity contribution in [1.29, 1.82) is 0 Å². The van der Waals surface area contributed by atoms with Crippen LogP contribution in [-0.4, -0.2) is 37.6 Å². The number of nitrogens with one attached hydrogen (secondary N) is 1. The van der Waals surface area contributed by atoms with Gasteiger partial charge >= 0.3 is 0 Å². The lowest BCUT2D eigenvalue weighted by molar-refractivity contribution is 0.177. The first-order valence-electron chi connectivity index (χ1n) is 7.22. The minimum absolute atomic E-state index is 0.416. The molecule has 1 aliphatic rings. The van der Waals surface area contributed by atoms with Crippen molar-refractivity contribution in [3.8, 4) is 0 Å². The van der Waals surface area contributed by atoms with Gasteiger partial charge in [-0.1, -0.05) is 27.7 Å². The van der Waals surface area contributed by atoms with Gasteiger partial charge in [0, 0.05) is 6.04 Å². The second-order valence-electron chi connectivity index (χ2n) is 7.10. The molecule has 17 heavy (non-hydrogen) atoms. The van der Waals surface area contributed by atoms with Crippen molar-refractivity contribution in [1.82, 2.24) is 10.2 Å². The molecule has 0 saturated carbocycles. The molecule has 102 valence electrons. The molecular weight excluding hydrogens is 208 g/mol. The average molecular weight is 240 g/mol. The van der Waals surface area contributed by atoms with E-state index in [4.69, 9.17) is 0 Å². The van der Waals surface area contributed by atoms with E-state index in [2.05, 4.69) is 51.9 Å². The zero-order valence-corrected chi connectivity index (χ0v) is 12.7. The number of likely N-dealkylation sites (tertiary alicyclic amines) is 1. The van der Waals surface area contributed by atoms with Crippen molar-refractivity contribution in [3.63, 3.8) is 0 Å². The van der Waals surface area contributed by atoms with E-state index in [1.54, 1.807) is 0 Å². The standard InChI is InChI=1S/C15H32N2/c1-12(15(3,4)5)11-16-13(2)14-7-9-17(6)10-8-14/h12-14,16H,7-11H2,1-6H3. The van der Waals surface area contributed by atoms with Crippen molar-refractivity contribution < 1.29 is 0 Å². The Kier molecular flexibility index (Phi) is 5.46. The lowest BCUT2D eigenvalue weighted by Crippen LogP contribution is -2.43. The Morgan fingerprint density at radius 2 is 1.71 bits per heavy atom. The third-order valence-electron chi connectivity index (χ3n) is 4.69. The number of hydrogen-bond acceptors (Lipinski definition) is 2. The van der Waals surface area contributed by atoms with E-state index in [-0.39, 0.29) is 0 Å². The van der Waals surface area contributed by atoms with Crippen LogP contribution in [0.5, 0.6) is 0 Å². The van der Waals surface area contributed by atoms with Gasteiger partial charge in [-0.15, -0.1) is 0 Å². The molecule has 1 saturated heterocycles. The fourth-order valence-corrected chi connectivity index (χ4v) is 2.36. The van der Waals surface area contributed by atoms with Crippen molar-refractivity contribution in [2.45, 2.75) is 53.5 Å². The van der Waals surface area contributed by atoms with E-state index in [1.807, 2.05) is 0 Å². The summed E-state index contributed by atoms with van der Waals surface area (Å²) in [4.78, 5) is 2.45. The lowest BCUT2D eigenvalue weighted by atomic mass is 9.81. The second-order valence-corrected chi connectivity index (χ2v) is 7.10. The molecule has 0 aromatic rings. The summed E-state index contributed by atoms with van der Waals surface area (Å²) in [5.41, 5.74) is 0.416. The van der Waals surface area contributed by atoms with E-state index in [9.17, 15) is 0 Å². The molecule has 1 heterocycles. The molecule has 2 heteroatoms. The molecule has 0 bridgehead atoms. The van der Waals surface area contributed by atoms with Crippen LogP contribution in [0.4, 0.5) is 0 Å². The summed E-state index contributed by atoms with van der Waals surface area (Å²) < 4.78 is 0. The summed E-state index contributed by atoms with van der Waals surface area (Å²) in [6.07, 6.45) is 2.71. The van der Waals surface area contributed by atoms with Crippen LogP contribution in [0, 0.1) is 17.3 Å². The maximum absolute atomic E-state index is 3.75. The molecular formula is C15H32N2. The maximum atomic E-state index is 3.75. The molecule has 2 unspecified atom stereocenters. The molecule has 1 N–H and O–H groups in total. The minimum atomic E-state index is 0.416. The summed E-state index contributed by atoms with van der Waals surface area (Å²) in [6, 6.07) is 0.675. The van der Waals surface area contributed by atoms with Crippen LogP contribution in [0.2, 0.25) is 0 Å². The highest BCUT2D eigenvalue weighted by Crippen LogP contribution is 2.25. The van der Waals surface area contributed by atoms with Crippen molar-refractivity contribution in [2.24, 2.45) is 17.3 Å². The van der Waals surface area contributed by atoms with Crippen LogP contribution in [0.25, 0.3) is 0 Å². The molecule has 2 nitrogen and oxygen atoms in total. The molecule has 0 amide bonds. The second kappa shape index (κ2) is 6.19. The first-order chi connectivity index (χ1) is 7.80. The normalized spacial score (nSPS) is 23.6. The number of rotatable bonds is 4. The van der Waals surface area contributed by atoms with Gasteiger partial charge in [0.2, 0.25) is 0 Å². The largest absolute Gasteiger partial charge is 0.314 e. The summed E-state index contributed by atoms with van der Waals surface area (Å²) >= 11 is 0. The van der Waals surface area contributed by atoms with Crippen LogP contribution in [0.15, 0.2) is 0 Å². The van der Waals surface area contributed by atoms with Crippen LogP contribution in [0.1, 0.15) is 47.5 Å². The molecule has 1 aliphatic heterocycles. The Hall–Kier alpha value is -0.0800. The SMILES string of the molecule is CC(NCC(C)C(C)(C)C)C1CCN(C)CC1. The van der Waals surface area contributed by atoms with Crippen molar-refractivity contribution in [3.05, 3.63) is 0 Å². The van der Waals surface area contributed by atoms with Gasteiger partial charge in [0.1, 0.15) is 0 Å². The molecule has 2 atom stereocenters. The van der Waals surface area contributed by atoms with Gasteiger partial charge in [0.05, 0.1) is 0 Å². The average Bonchev–Trinajstić information content (AvgIpc) is 2.25. The Balaban J connectivity index is 2.27. The van der Waals surface area contributed by atoms with Crippen LogP contribution in [0.3, 0.4) is 0 Å². The van der Waals surface area contributed by atoms with Gasteiger partial charge < -0.3 is 10.2 Å². The molecule has 1 rings (SSSR count). The van der Waals surface area contributed by atoms with Gasteiger partial charge in [0.15, 0.2) is 0 Å². The van der Waals surface area contributed by atoms with E-state index in [0.717, 1.165) is 18.4 Å². The van der Waals surface area contributed by atoms with E-state index >= 15 is 0 Å². The molecule has 0 radical (unpaired) electrons. The minimum Gasteiger partial charge on any atom is -0.314 e. The third-order valence-corrected chi connectivity index (χ3v) is 4.69. The van der Waals surface area contributed by atoms with Gasteiger partial charge in [-0.25, -0.2) is 0 Å². The third kappa shape index (κ3) is 4.97. The molecule has 0 aliphatic carbocycles. The maximum Gasteiger partial charge on any atom is 0.00680 e. The number of hydrogen-bond donors (Lipinski definition) is 1. The van der Waals surface area contributed by atoms with E-state index in [0.29, 0.717) is 11.5 Å². The van der Waals surface area contributed by atoms with Gasteiger partial charge in [-0.05, 0) is 63.7 Å². The molecule has 0 aromatic heterocycles. The highest BCUT2D eigenvalue weighted by molar-refractivity contribution is 4.80. The first kappa shape index (κ1) is 15.0. The number of piperidine rings is 1. The smallest absolute Gasteiger partial charge is 0.00680 e. The van der Waals surface area contributed by atoms with Gasteiger partial charge in [-0.2, -0.15) is 0 Å². The molecule has 1 fully saturated rings. The van der Waals surface area contributed by atoms with Gasteiger partial charge in [0.25, 0.3) is 0 Å². The predicted molar refractivity (Wildman–Crippen MR) is 76.3 cm³/mol. The van der Waals surface area contributed by atoms with E-state index < -0.39 is 0 Å². The molecule has 0 spiro atoms. The summed E-state index contributed by atoms with van der Waals surface area (Å²) in [6.45, 7) is 15.4. The first-order valence-corrected chi connectivity index (χ1v) is 7.22. The van der Waals surface area contributed by atoms with Gasteiger partial charge in [-0.3, -0.25) is 0 Å². The Labute approximate surface area is 108 Å². The monoisotopic (exact) mass is 240 g/mol. The van der Waals surface area contributed by atoms with Crippen LogP contribution < -0.4 is 5.32 Å². The quantitative estimate of drug-likeness (QED) is 0.812. The fourth-order valence-electron chi connectivity index (χ4n) is 2.36. The summed E-state index contributed by atoms with van der Waals surface area (Å²) in [5, 5.41) is 3.75. The molecule has 0 aromatic carbocycles. The predicted octanol–water partition coefficient (Wildman–Crippen LogP) is 2.99. The topological polar surface area (TPSA) is 15.3 Å². The van der Waals surface area contributed by atoms with Crippen molar-refractivity contribution in [2.75, 3.05) is 26.7 Å². The zero-order chi connectivity index (χ0) is 13.1. The number of nitrogens with zero attached hydrogens (tertiary/aromatic N) is 1. The highest BCUT2D eigenvalue weighted by atomic mass is 15.1. The highest BCUT2D eigenvalue weighted by Gasteiger charge is 2.24. The Morgan fingerprint density at radius 1 is 1.18 bits per heavy atom. The Morgan fingerprint density at radius 3 is 2.18 bits per heavy atom. The van der Waals surface area contributed by atoms with Crippen LogP contribution in [-0.2, 0) is 0 Å². The van der Waals surface area contributed by atoms with Crippen LogP contribution >= 0.6 is 0 Å².